The summed E-state index contributed by atoms with van der Waals surface area (Å²) in [5.74, 6) is -0.229. The Morgan fingerprint density at radius 3 is 2.74 bits per heavy atom. The highest BCUT2D eigenvalue weighted by molar-refractivity contribution is 6.30. The van der Waals surface area contributed by atoms with Crippen LogP contribution in [0, 0.1) is 0 Å². The average molecular weight is 279 g/mol. The van der Waals surface area contributed by atoms with Crippen LogP contribution in [0.25, 0.3) is 0 Å². The summed E-state index contributed by atoms with van der Waals surface area (Å²) in [6.45, 7) is 0.394. The van der Waals surface area contributed by atoms with E-state index in [2.05, 4.69) is 10.3 Å². The number of hydrogen-bond donors (Lipinski definition) is 3. The summed E-state index contributed by atoms with van der Waals surface area (Å²) in [5.41, 5.74) is 1.26. The molecule has 1 amide bonds. The van der Waals surface area contributed by atoms with Crippen LogP contribution in [0.4, 0.5) is 0 Å². The molecule has 0 fully saturated rings. The van der Waals surface area contributed by atoms with Crippen LogP contribution in [0.1, 0.15) is 28.6 Å². The summed E-state index contributed by atoms with van der Waals surface area (Å²) in [6, 6.07) is 10.9. The van der Waals surface area contributed by atoms with Crippen molar-refractivity contribution in [3.63, 3.8) is 0 Å². The molecule has 1 atom stereocenters. The fourth-order valence-electron chi connectivity index (χ4n) is 1.76. The summed E-state index contributed by atoms with van der Waals surface area (Å²) < 4.78 is 0. The standard InChI is InChI=1S/C14H15ClN2O2/c15-11-8-12(17-9-11)14(19)16-7-6-13(18)10-4-2-1-3-5-10/h1-5,8-9,13,17-18H,6-7H2,(H,16,19). The van der Waals surface area contributed by atoms with Gasteiger partial charge in [-0.3, -0.25) is 4.79 Å². The average Bonchev–Trinajstić information content (AvgIpc) is 2.86. The number of hydrogen-bond acceptors (Lipinski definition) is 2. The molecule has 3 N–H and O–H groups in total. The fourth-order valence-corrected chi connectivity index (χ4v) is 1.92. The van der Waals surface area contributed by atoms with E-state index in [1.807, 2.05) is 30.3 Å². The largest absolute Gasteiger partial charge is 0.388 e. The van der Waals surface area contributed by atoms with Crippen LogP contribution in [0.3, 0.4) is 0 Å². The fraction of sp³-hybridized carbons (Fsp3) is 0.214. The number of aliphatic hydroxyl groups excluding tert-OH is 1. The van der Waals surface area contributed by atoms with Crippen LogP contribution in [0.2, 0.25) is 5.02 Å². The number of halogens is 1. The second kappa shape index (κ2) is 6.41. The molecule has 0 aliphatic carbocycles. The highest BCUT2D eigenvalue weighted by atomic mass is 35.5. The Hall–Kier alpha value is -1.78. The molecular formula is C14H15ClN2O2. The molecule has 0 bridgehead atoms. The minimum Gasteiger partial charge on any atom is -0.388 e. The van der Waals surface area contributed by atoms with Crippen molar-refractivity contribution in [1.82, 2.24) is 10.3 Å². The second-order valence-corrected chi connectivity index (χ2v) is 4.64. The van der Waals surface area contributed by atoms with Crippen LogP contribution in [0.5, 0.6) is 0 Å². The molecule has 5 heteroatoms. The van der Waals surface area contributed by atoms with Gasteiger partial charge >= 0.3 is 0 Å². The molecule has 100 valence electrons. The minimum atomic E-state index is -0.575. The first kappa shape index (κ1) is 13.6. The van der Waals surface area contributed by atoms with Gasteiger partial charge in [0, 0.05) is 12.7 Å². The smallest absolute Gasteiger partial charge is 0.267 e. The number of amides is 1. The SMILES string of the molecule is O=C(NCCC(O)c1ccccc1)c1cc(Cl)c[nH]1. The predicted molar refractivity (Wildman–Crippen MR) is 74.2 cm³/mol. The van der Waals surface area contributed by atoms with E-state index in [0.29, 0.717) is 23.7 Å². The minimum absolute atomic E-state index is 0.229. The third-order valence-electron chi connectivity index (χ3n) is 2.78. The summed E-state index contributed by atoms with van der Waals surface area (Å²) >= 11 is 5.72. The van der Waals surface area contributed by atoms with Crippen molar-refractivity contribution in [3.05, 3.63) is 58.9 Å². The van der Waals surface area contributed by atoms with E-state index in [4.69, 9.17) is 11.6 Å². The van der Waals surface area contributed by atoms with Crippen molar-refractivity contribution in [1.29, 1.82) is 0 Å². The first-order valence-electron chi connectivity index (χ1n) is 6.02. The van der Waals surface area contributed by atoms with Crippen molar-refractivity contribution < 1.29 is 9.90 Å². The van der Waals surface area contributed by atoms with Crippen molar-refractivity contribution in [3.8, 4) is 0 Å². The molecule has 4 nitrogen and oxygen atoms in total. The quantitative estimate of drug-likeness (QED) is 0.787. The van der Waals surface area contributed by atoms with Gasteiger partial charge in [-0.05, 0) is 18.1 Å². The maximum atomic E-state index is 11.7. The van der Waals surface area contributed by atoms with Gasteiger partial charge in [-0.15, -0.1) is 0 Å². The van der Waals surface area contributed by atoms with Gasteiger partial charge in [0.15, 0.2) is 0 Å². The zero-order valence-electron chi connectivity index (χ0n) is 10.3. The maximum absolute atomic E-state index is 11.7. The van der Waals surface area contributed by atoms with Gasteiger partial charge in [0.2, 0.25) is 0 Å². The van der Waals surface area contributed by atoms with Gasteiger partial charge in [0.05, 0.1) is 11.1 Å². The van der Waals surface area contributed by atoms with Gasteiger partial charge in [-0.2, -0.15) is 0 Å². The van der Waals surface area contributed by atoms with E-state index in [1.165, 1.54) is 0 Å². The van der Waals surface area contributed by atoms with E-state index in [1.54, 1.807) is 12.3 Å². The first-order valence-corrected chi connectivity index (χ1v) is 6.40. The molecule has 19 heavy (non-hydrogen) atoms. The lowest BCUT2D eigenvalue weighted by molar-refractivity contribution is 0.0938. The van der Waals surface area contributed by atoms with E-state index in [0.717, 1.165) is 5.56 Å². The Kier molecular flexibility index (Phi) is 4.60. The van der Waals surface area contributed by atoms with E-state index in [-0.39, 0.29) is 5.91 Å². The van der Waals surface area contributed by atoms with E-state index in [9.17, 15) is 9.90 Å². The zero-order valence-corrected chi connectivity index (χ0v) is 11.0. The molecule has 1 unspecified atom stereocenters. The van der Waals surface area contributed by atoms with Crippen LogP contribution >= 0.6 is 11.6 Å². The number of benzene rings is 1. The van der Waals surface area contributed by atoms with Crippen molar-refractivity contribution in [2.45, 2.75) is 12.5 Å². The summed E-state index contributed by atoms with van der Waals surface area (Å²) in [6.07, 6.45) is 1.44. The highest BCUT2D eigenvalue weighted by Gasteiger charge is 2.10. The number of carbonyl (C=O) groups is 1. The molecule has 2 rings (SSSR count). The lowest BCUT2D eigenvalue weighted by Crippen LogP contribution is -2.25. The molecule has 1 heterocycles. The molecule has 1 aromatic heterocycles. The second-order valence-electron chi connectivity index (χ2n) is 4.20. The van der Waals surface area contributed by atoms with Crippen molar-refractivity contribution in [2.75, 3.05) is 6.54 Å². The van der Waals surface area contributed by atoms with E-state index >= 15 is 0 Å². The number of H-pyrrole nitrogens is 1. The molecule has 0 saturated carbocycles. The zero-order chi connectivity index (χ0) is 13.7. The predicted octanol–water partition coefficient (Wildman–Crippen LogP) is 2.52. The third kappa shape index (κ3) is 3.84. The molecule has 0 aliphatic rings. The number of aromatic nitrogens is 1. The molecule has 1 aromatic carbocycles. The number of rotatable bonds is 5. The number of aliphatic hydroxyl groups is 1. The lowest BCUT2D eigenvalue weighted by atomic mass is 10.1. The Bertz CT molecular complexity index is 539. The van der Waals surface area contributed by atoms with Crippen LogP contribution < -0.4 is 5.32 Å². The Labute approximate surface area is 116 Å². The van der Waals surface area contributed by atoms with Gasteiger partial charge < -0.3 is 15.4 Å². The Balaban J connectivity index is 1.79. The molecule has 2 aromatic rings. The summed E-state index contributed by atoms with van der Waals surface area (Å²) in [7, 11) is 0. The Morgan fingerprint density at radius 2 is 2.11 bits per heavy atom. The van der Waals surface area contributed by atoms with Gasteiger partial charge in [-0.25, -0.2) is 0 Å². The third-order valence-corrected chi connectivity index (χ3v) is 3.00. The van der Waals surface area contributed by atoms with Crippen molar-refractivity contribution in [2.24, 2.45) is 0 Å². The monoisotopic (exact) mass is 278 g/mol. The summed E-state index contributed by atoms with van der Waals surface area (Å²) in [5, 5.41) is 13.1. The molecule has 0 aliphatic heterocycles. The lowest BCUT2D eigenvalue weighted by Gasteiger charge is -2.11. The highest BCUT2D eigenvalue weighted by Crippen LogP contribution is 2.15. The van der Waals surface area contributed by atoms with Gasteiger partial charge in [0.25, 0.3) is 5.91 Å². The van der Waals surface area contributed by atoms with Crippen LogP contribution in [-0.4, -0.2) is 22.5 Å². The number of carbonyl (C=O) groups excluding carboxylic acids is 1. The number of aromatic amines is 1. The molecule has 0 saturated heterocycles. The molecule has 0 radical (unpaired) electrons. The van der Waals surface area contributed by atoms with Crippen molar-refractivity contribution >= 4 is 17.5 Å². The Morgan fingerprint density at radius 1 is 1.37 bits per heavy atom. The molecule has 0 spiro atoms. The molecular weight excluding hydrogens is 264 g/mol. The van der Waals surface area contributed by atoms with Crippen LogP contribution in [0.15, 0.2) is 42.6 Å². The number of nitrogens with one attached hydrogen (secondary N) is 2. The van der Waals surface area contributed by atoms with Gasteiger partial charge in [-0.1, -0.05) is 41.9 Å². The maximum Gasteiger partial charge on any atom is 0.267 e. The van der Waals surface area contributed by atoms with Gasteiger partial charge in [0.1, 0.15) is 5.69 Å². The normalized spacial score (nSPS) is 12.1. The van der Waals surface area contributed by atoms with Crippen LogP contribution in [-0.2, 0) is 0 Å². The van der Waals surface area contributed by atoms with E-state index < -0.39 is 6.10 Å². The first-order chi connectivity index (χ1) is 9.16. The summed E-state index contributed by atoms with van der Waals surface area (Å²) in [4.78, 5) is 14.5. The topological polar surface area (TPSA) is 65.1 Å².